The van der Waals surface area contributed by atoms with E-state index in [1.807, 2.05) is 19.1 Å². The average Bonchev–Trinajstić information content (AvgIpc) is 2.36. The first-order valence-electron chi connectivity index (χ1n) is 5.27. The fourth-order valence-corrected chi connectivity index (χ4v) is 1.21. The van der Waals surface area contributed by atoms with Crippen LogP contribution in [-0.4, -0.2) is 25.7 Å². The lowest BCUT2D eigenvalue weighted by atomic mass is 10.2. The van der Waals surface area contributed by atoms with E-state index in [2.05, 4.69) is 10.1 Å². The molecule has 17 heavy (non-hydrogen) atoms. The summed E-state index contributed by atoms with van der Waals surface area (Å²) in [7, 11) is 1.23. The lowest BCUT2D eigenvalue weighted by Gasteiger charge is -2.06. The number of nitrogens with one attached hydrogen (secondary N) is 1. The third-order valence-corrected chi connectivity index (χ3v) is 2.10. The molecule has 0 aromatic heterocycles. The molecule has 0 aliphatic heterocycles. The molecule has 0 fully saturated rings. The third-order valence-electron chi connectivity index (χ3n) is 2.10. The lowest BCUT2D eigenvalue weighted by molar-refractivity contribution is -0.133. The van der Waals surface area contributed by atoms with Crippen LogP contribution in [0.4, 0.5) is 4.79 Å². The number of carbonyl (C=O) groups is 2. The Morgan fingerprint density at radius 2 is 2.12 bits per heavy atom. The topological polar surface area (TPSA) is 64.6 Å². The molecule has 0 saturated heterocycles. The molecule has 0 aliphatic carbocycles. The average molecular weight is 237 g/mol. The maximum absolute atomic E-state index is 11.3. The van der Waals surface area contributed by atoms with Crippen molar-refractivity contribution < 1.29 is 19.1 Å². The summed E-state index contributed by atoms with van der Waals surface area (Å²) in [5, 5.41) is 2.25. The SMILES string of the molecule is CCc1cccc(OC(=O)CNC(=O)OC)c1. The van der Waals surface area contributed by atoms with Crippen LogP contribution in [0.15, 0.2) is 24.3 Å². The first kappa shape index (κ1) is 13.0. The van der Waals surface area contributed by atoms with E-state index in [-0.39, 0.29) is 6.54 Å². The molecule has 1 aromatic rings. The zero-order chi connectivity index (χ0) is 12.7. The Morgan fingerprint density at radius 1 is 1.35 bits per heavy atom. The van der Waals surface area contributed by atoms with Crippen LogP contribution < -0.4 is 10.1 Å². The smallest absolute Gasteiger partial charge is 0.407 e. The molecule has 0 atom stereocenters. The molecular formula is C12H15NO4. The molecule has 1 amide bonds. The van der Waals surface area contributed by atoms with E-state index in [0.717, 1.165) is 12.0 Å². The van der Waals surface area contributed by atoms with Crippen molar-refractivity contribution in [1.29, 1.82) is 0 Å². The van der Waals surface area contributed by atoms with Gasteiger partial charge in [-0.25, -0.2) is 9.59 Å². The van der Waals surface area contributed by atoms with Gasteiger partial charge >= 0.3 is 12.1 Å². The second-order valence-electron chi connectivity index (χ2n) is 3.32. The number of hydrogen-bond donors (Lipinski definition) is 1. The molecule has 5 heteroatoms. The number of alkyl carbamates (subject to hydrolysis) is 1. The van der Waals surface area contributed by atoms with E-state index in [4.69, 9.17) is 4.74 Å². The van der Waals surface area contributed by atoms with Crippen LogP contribution in [0.3, 0.4) is 0 Å². The van der Waals surface area contributed by atoms with E-state index in [9.17, 15) is 9.59 Å². The molecule has 0 heterocycles. The van der Waals surface area contributed by atoms with Gasteiger partial charge < -0.3 is 14.8 Å². The van der Waals surface area contributed by atoms with Crippen LogP contribution in [0.2, 0.25) is 0 Å². The molecule has 0 radical (unpaired) electrons. The first-order chi connectivity index (χ1) is 8.15. The highest BCUT2D eigenvalue weighted by Crippen LogP contribution is 2.13. The van der Waals surface area contributed by atoms with Gasteiger partial charge in [-0.05, 0) is 24.1 Å². The number of esters is 1. The fourth-order valence-electron chi connectivity index (χ4n) is 1.21. The number of aryl methyl sites for hydroxylation is 1. The molecule has 0 bridgehead atoms. The standard InChI is InChI=1S/C12H15NO4/c1-3-9-5-4-6-10(7-9)17-11(14)8-13-12(15)16-2/h4-7H,3,8H2,1-2H3,(H,13,15). The Kier molecular flexibility index (Phi) is 5.00. The molecule has 1 rings (SSSR count). The molecule has 0 unspecified atom stereocenters. The van der Waals surface area contributed by atoms with Crippen molar-refractivity contribution in [3.05, 3.63) is 29.8 Å². The van der Waals surface area contributed by atoms with E-state index in [1.165, 1.54) is 7.11 Å². The molecule has 1 N–H and O–H groups in total. The van der Waals surface area contributed by atoms with Crippen molar-refractivity contribution >= 4 is 12.1 Å². The predicted octanol–water partition coefficient (Wildman–Crippen LogP) is 1.51. The first-order valence-corrected chi connectivity index (χ1v) is 5.27. The van der Waals surface area contributed by atoms with Crippen LogP contribution in [0.1, 0.15) is 12.5 Å². The maximum atomic E-state index is 11.3. The molecule has 5 nitrogen and oxygen atoms in total. The van der Waals surface area contributed by atoms with Gasteiger partial charge in [-0.3, -0.25) is 0 Å². The summed E-state index contributed by atoms with van der Waals surface area (Å²) in [4.78, 5) is 22.1. The van der Waals surface area contributed by atoms with Crippen LogP contribution in [0.5, 0.6) is 5.75 Å². The minimum Gasteiger partial charge on any atom is -0.453 e. The molecular weight excluding hydrogens is 222 g/mol. The van der Waals surface area contributed by atoms with Gasteiger partial charge in [-0.15, -0.1) is 0 Å². The minimum absolute atomic E-state index is 0.219. The Labute approximate surface area is 99.7 Å². The van der Waals surface area contributed by atoms with Crippen molar-refractivity contribution in [2.45, 2.75) is 13.3 Å². The second kappa shape index (κ2) is 6.52. The van der Waals surface area contributed by atoms with Crippen LogP contribution >= 0.6 is 0 Å². The van der Waals surface area contributed by atoms with Gasteiger partial charge in [0.15, 0.2) is 0 Å². The summed E-state index contributed by atoms with van der Waals surface area (Å²) < 4.78 is 9.37. The van der Waals surface area contributed by atoms with Crippen molar-refractivity contribution in [3.8, 4) is 5.75 Å². The van der Waals surface area contributed by atoms with Crippen LogP contribution in [0.25, 0.3) is 0 Å². The largest absolute Gasteiger partial charge is 0.453 e. The Balaban J connectivity index is 2.47. The summed E-state index contributed by atoms with van der Waals surface area (Å²) in [5.41, 5.74) is 1.08. The molecule has 0 spiro atoms. The van der Waals surface area contributed by atoms with Gasteiger partial charge in [0.05, 0.1) is 7.11 Å². The van der Waals surface area contributed by atoms with Gasteiger partial charge in [0.25, 0.3) is 0 Å². The van der Waals surface area contributed by atoms with Gasteiger partial charge in [0.1, 0.15) is 12.3 Å². The van der Waals surface area contributed by atoms with Crippen LogP contribution in [0, 0.1) is 0 Å². The van der Waals surface area contributed by atoms with E-state index in [0.29, 0.717) is 5.75 Å². The Hall–Kier alpha value is -2.04. The van der Waals surface area contributed by atoms with Crippen molar-refractivity contribution in [1.82, 2.24) is 5.32 Å². The van der Waals surface area contributed by atoms with Crippen LogP contribution in [-0.2, 0) is 16.0 Å². The molecule has 1 aromatic carbocycles. The lowest BCUT2D eigenvalue weighted by Crippen LogP contribution is -2.31. The quantitative estimate of drug-likeness (QED) is 0.636. The van der Waals surface area contributed by atoms with Gasteiger partial charge in [0, 0.05) is 0 Å². The Bertz CT molecular complexity index is 403. The van der Waals surface area contributed by atoms with Crippen molar-refractivity contribution in [3.63, 3.8) is 0 Å². The van der Waals surface area contributed by atoms with E-state index < -0.39 is 12.1 Å². The number of benzene rings is 1. The van der Waals surface area contributed by atoms with Gasteiger partial charge in [0.2, 0.25) is 0 Å². The number of carbonyl (C=O) groups excluding carboxylic acids is 2. The highest BCUT2D eigenvalue weighted by Gasteiger charge is 2.07. The number of ether oxygens (including phenoxy) is 2. The number of amides is 1. The zero-order valence-electron chi connectivity index (χ0n) is 9.86. The summed E-state index contributed by atoms with van der Waals surface area (Å²) >= 11 is 0. The highest BCUT2D eigenvalue weighted by atomic mass is 16.5. The molecule has 0 aliphatic rings. The zero-order valence-corrected chi connectivity index (χ0v) is 9.86. The number of rotatable bonds is 4. The van der Waals surface area contributed by atoms with E-state index >= 15 is 0 Å². The summed E-state index contributed by atoms with van der Waals surface area (Å²) in [5.74, 6) is -0.0651. The normalized spacial score (nSPS) is 9.53. The summed E-state index contributed by atoms with van der Waals surface area (Å²) in [6, 6.07) is 7.24. The van der Waals surface area contributed by atoms with Gasteiger partial charge in [-0.1, -0.05) is 19.1 Å². The predicted molar refractivity (Wildman–Crippen MR) is 61.9 cm³/mol. The van der Waals surface area contributed by atoms with Gasteiger partial charge in [-0.2, -0.15) is 0 Å². The van der Waals surface area contributed by atoms with Crippen molar-refractivity contribution in [2.24, 2.45) is 0 Å². The minimum atomic E-state index is -0.663. The monoisotopic (exact) mass is 237 g/mol. The van der Waals surface area contributed by atoms with E-state index in [1.54, 1.807) is 12.1 Å². The Morgan fingerprint density at radius 3 is 2.76 bits per heavy atom. The molecule has 0 saturated carbocycles. The van der Waals surface area contributed by atoms with Crippen molar-refractivity contribution in [2.75, 3.05) is 13.7 Å². The summed E-state index contributed by atoms with van der Waals surface area (Å²) in [6.45, 7) is 1.79. The summed E-state index contributed by atoms with van der Waals surface area (Å²) in [6.07, 6.45) is 0.204. The number of methoxy groups -OCH3 is 1. The maximum Gasteiger partial charge on any atom is 0.407 e. The third kappa shape index (κ3) is 4.55. The second-order valence-corrected chi connectivity index (χ2v) is 3.32. The highest BCUT2D eigenvalue weighted by molar-refractivity contribution is 5.79. The molecule has 92 valence electrons. The fraction of sp³-hybridized carbons (Fsp3) is 0.333. The number of hydrogen-bond acceptors (Lipinski definition) is 4.